The second-order valence-corrected chi connectivity index (χ2v) is 11.0. The van der Waals surface area contributed by atoms with Crippen LogP contribution in [0.3, 0.4) is 0 Å². The maximum atomic E-state index is 12.2. The SMILES string of the molecule is Cc1noc(C)c1-c1ccc2nc(C3CCN(S(C)(=O)=O)C3)n3c2c1OC[C@@H]3c1ccccn1. The molecule has 4 aromatic rings. The summed E-state index contributed by atoms with van der Waals surface area (Å²) in [4.78, 5) is 9.63. The van der Waals surface area contributed by atoms with E-state index < -0.39 is 10.0 Å². The van der Waals surface area contributed by atoms with Crippen LogP contribution >= 0.6 is 0 Å². The van der Waals surface area contributed by atoms with Crippen LogP contribution in [0.5, 0.6) is 5.75 Å². The molecule has 9 nitrogen and oxygen atoms in total. The first-order chi connectivity index (χ1) is 16.3. The highest BCUT2D eigenvalue weighted by atomic mass is 32.2. The third-order valence-corrected chi connectivity index (χ3v) is 8.12. The predicted molar refractivity (Wildman–Crippen MR) is 126 cm³/mol. The van der Waals surface area contributed by atoms with E-state index in [0.29, 0.717) is 19.7 Å². The highest BCUT2D eigenvalue weighted by Crippen LogP contribution is 2.46. The van der Waals surface area contributed by atoms with E-state index in [4.69, 9.17) is 14.2 Å². The summed E-state index contributed by atoms with van der Waals surface area (Å²) in [5.74, 6) is 2.34. The number of rotatable bonds is 4. The average molecular weight is 480 g/mol. The summed E-state index contributed by atoms with van der Waals surface area (Å²) in [6.07, 6.45) is 3.76. The Morgan fingerprint density at radius 1 is 1.15 bits per heavy atom. The molecule has 0 amide bonds. The smallest absolute Gasteiger partial charge is 0.211 e. The Hall–Kier alpha value is -3.24. The maximum absolute atomic E-state index is 12.2. The molecule has 176 valence electrons. The number of hydrogen-bond donors (Lipinski definition) is 0. The number of nitrogens with zero attached hydrogens (tertiary/aromatic N) is 5. The Morgan fingerprint density at radius 3 is 2.68 bits per heavy atom. The number of imidazole rings is 1. The summed E-state index contributed by atoms with van der Waals surface area (Å²) in [6.45, 7) is 5.13. The van der Waals surface area contributed by atoms with E-state index in [9.17, 15) is 8.42 Å². The average Bonchev–Trinajstić information content (AvgIpc) is 3.53. The van der Waals surface area contributed by atoms with Crippen LogP contribution in [-0.2, 0) is 10.0 Å². The first kappa shape index (κ1) is 21.3. The van der Waals surface area contributed by atoms with Gasteiger partial charge in [-0.1, -0.05) is 11.2 Å². The lowest BCUT2D eigenvalue weighted by atomic mass is 10.0. The zero-order valence-electron chi connectivity index (χ0n) is 19.2. The Balaban J connectivity index is 1.58. The van der Waals surface area contributed by atoms with E-state index in [1.165, 1.54) is 10.6 Å². The standard InChI is InChI=1S/C24H25N5O4S/c1-14-21(15(2)33-27-14)17-7-8-19-22-23(17)32-13-20(18-6-4-5-10-25-18)29(22)24(26-19)16-9-11-28(12-16)34(3,30)31/h4-8,10,16,20H,9,11-13H2,1-3H3/t16?,20-/m1/s1. The molecule has 2 atom stereocenters. The molecule has 1 unspecified atom stereocenters. The van der Waals surface area contributed by atoms with Gasteiger partial charge in [-0.25, -0.2) is 17.7 Å². The first-order valence-corrected chi connectivity index (χ1v) is 13.1. The van der Waals surface area contributed by atoms with Crippen molar-refractivity contribution in [2.75, 3.05) is 26.0 Å². The topological polar surface area (TPSA) is 103 Å². The number of sulfonamides is 1. The van der Waals surface area contributed by atoms with E-state index >= 15 is 0 Å². The fourth-order valence-corrected chi connectivity index (χ4v) is 6.15. The molecule has 10 heteroatoms. The molecule has 0 bridgehead atoms. The molecule has 34 heavy (non-hydrogen) atoms. The molecule has 5 heterocycles. The van der Waals surface area contributed by atoms with Gasteiger partial charge in [0.15, 0.2) is 5.75 Å². The molecule has 2 aliphatic rings. The van der Waals surface area contributed by atoms with Crippen molar-refractivity contribution >= 4 is 21.1 Å². The first-order valence-electron chi connectivity index (χ1n) is 11.3. The van der Waals surface area contributed by atoms with E-state index in [-0.39, 0.29) is 12.0 Å². The van der Waals surface area contributed by atoms with Gasteiger partial charge in [0.25, 0.3) is 0 Å². The number of aromatic nitrogens is 4. The molecule has 3 aromatic heterocycles. The van der Waals surface area contributed by atoms with Gasteiger partial charge in [0.2, 0.25) is 10.0 Å². The highest BCUT2D eigenvalue weighted by Gasteiger charge is 2.37. The van der Waals surface area contributed by atoms with Gasteiger partial charge in [0, 0.05) is 30.8 Å². The minimum absolute atomic E-state index is 0.0122. The lowest BCUT2D eigenvalue weighted by Gasteiger charge is -2.29. The molecule has 6 rings (SSSR count). The number of benzene rings is 1. The van der Waals surface area contributed by atoms with Crippen molar-refractivity contribution in [3.05, 3.63) is 59.5 Å². The molecule has 0 N–H and O–H groups in total. The number of ether oxygens (including phenoxy) is 1. The van der Waals surface area contributed by atoms with E-state index in [2.05, 4.69) is 14.7 Å². The van der Waals surface area contributed by atoms with Crippen LogP contribution in [0.4, 0.5) is 0 Å². The molecule has 0 spiro atoms. The summed E-state index contributed by atoms with van der Waals surface area (Å²) >= 11 is 0. The third-order valence-electron chi connectivity index (χ3n) is 6.85. The maximum Gasteiger partial charge on any atom is 0.211 e. The van der Waals surface area contributed by atoms with Crippen LogP contribution in [0, 0.1) is 13.8 Å². The number of hydrogen-bond acceptors (Lipinski definition) is 7. The normalized spacial score (nSPS) is 20.7. The second kappa shape index (κ2) is 7.64. The minimum Gasteiger partial charge on any atom is -0.488 e. The minimum atomic E-state index is -3.26. The fourth-order valence-electron chi connectivity index (χ4n) is 5.26. The zero-order valence-corrected chi connectivity index (χ0v) is 20.0. The van der Waals surface area contributed by atoms with E-state index in [1.807, 2.05) is 44.2 Å². The quantitative estimate of drug-likeness (QED) is 0.442. The van der Waals surface area contributed by atoms with Crippen molar-refractivity contribution in [2.24, 2.45) is 0 Å². The molecule has 0 radical (unpaired) electrons. The van der Waals surface area contributed by atoms with Crippen LogP contribution in [0.25, 0.3) is 22.2 Å². The van der Waals surface area contributed by atoms with Gasteiger partial charge in [0.1, 0.15) is 29.8 Å². The molecule has 0 saturated carbocycles. The Morgan fingerprint density at radius 2 is 2.00 bits per heavy atom. The Labute approximate surface area is 197 Å². The van der Waals surface area contributed by atoms with Crippen LogP contribution in [0.1, 0.15) is 41.4 Å². The van der Waals surface area contributed by atoms with Gasteiger partial charge in [-0.3, -0.25) is 4.98 Å². The van der Waals surface area contributed by atoms with Crippen molar-refractivity contribution in [3.8, 4) is 16.9 Å². The van der Waals surface area contributed by atoms with Crippen molar-refractivity contribution in [1.82, 2.24) is 24.0 Å². The lowest BCUT2D eigenvalue weighted by Crippen LogP contribution is -2.29. The van der Waals surface area contributed by atoms with E-state index in [1.54, 1.807) is 6.20 Å². The molecular formula is C24H25N5O4S. The lowest BCUT2D eigenvalue weighted by molar-refractivity contribution is 0.253. The molecule has 0 aliphatic carbocycles. The number of pyridine rings is 1. The summed E-state index contributed by atoms with van der Waals surface area (Å²) in [6, 6.07) is 9.68. The molecule has 1 saturated heterocycles. The van der Waals surface area contributed by atoms with Crippen molar-refractivity contribution < 1.29 is 17.7 Å². The van der Waals surface area contributed by atoms with Crippen molar-refractivity contribution in [2.45, 2.75) is 32.2 Å². The van der Waals surface area contributed by atoms with Gasteiger partial charge in [-0.05, 0) is 44.5 Å². The monoisotopic (exact) mass is 479 g/mol. The van der Waals surface area contributed by atoms with Crippen molar-refractivity contribution in [1.29, 1.82) is 0 Å². The Kier molecular flexibility index (Phi) is 4.79. The summed E-state index contributed by atoms with van der Waals surface area (Å²) < 4.78 is 39.9. The largest absolute Gasteiger partial charge is 0.488 e. The van der Waals surface area contributed by atoms with Gasteiger partial charge in [-0.15, -0.1) is 0 Å². The van der Waals surface area contributed by atoms with Crippen molar-refractivity contribution in [3.63, 3.8) is 0 Å². The van der Waals surface area contributed by atoms with Crippen LogP contribution in [0.15, 0.2) is 41.1 Å². The second-order valence-electron chi connectivity index (χ2n) is 9.04. The molecular weight excluding hydrogens is 454 g/mol. The number of aryl methyl sites for hydroxylation is 2. The van der Waals surface area contributed by atoms with Gasteiger partial charge in [0.05, 0.1) is 28.7 Å². The van der Waals surface area contributed by atoms with E-state index in [0.717, 1.165) is 57.3 Å². The predicted octanol–water partition coefficient (Wildman–Crippen LogP) is 3.43. The fraction of sp³-hybridized carbons (Fsp3) is 0.375. The molecule has 1 fully saturated rings. The molecule has 1 aromatic carbocycles. The summed E-state index contributed by atoms with van der Waals surface area (Å²) in [5.41, 5.74) is 5.24. The summed E-state index contributed by atoms with van der Waals surface area (Å²) in [7, 11) is -3.26. The van der Waals surface area contributed by atoms with Crippen LogP contribution < -0.4 is 4.74 Å². The summed E-state index contributed by atoms with van der Waals surface area (Å²) in [5, 5.41) is 4.13. The van der Waals surface area contributed by atoms with Gasteiger partial charge >= 0.3 is 0 Å². The highest BCUT2D eigenvalue weighted by molar-refractivity contribution is 7.88. The van der Waals surface area contributed by atoms with Gasteiger partial charge < -0.3 is 13.8 Å². The Bertz CT molecular complexity index is 1490. The van der Waals surface area contributed by atoms with Gasteiger partial charge in [-0.2, -0.15) is 0 Å². The van der Waals surface area contributed by atoms with Crippen LogP contribution in [-0.4, -0.2) is 58.4 Å². The zero-order chi connectivity index (χ0) is 23.6. The third kappa shape index (κ3) is 3.24. The molecule has 2 aliphatic heterocycles. The van der Waals surface area contributed by atoms with Crippen LogP contribution in [0.2, 0.25) is 0 Å².